The van der Waals surface area contributed by atoms with Crippen molar-refractivity contribution in [2.75, 3.05) is 13.7 Å². The van der Waals surface area contributed by atoms with E-state index in [1.807, 2.05) is 23.9 Å². The lowest BCUT2D eigenvalue weighted by Crippen LogP contribution is -2.34. The fraction of sp³-hybridized carbons (Fsp3) is 0.600. The molecule has 1 aliphatic heterocycles. The first-order chi connectivity index (χ1) is 9.22. The van der Waals surface area contributed by atoms with Crippen LogP contribution >= 0.6 is 23.4 Å². The van der Waals surface area contributed by atoms with Gasteiger partial charge in [0.15, 0.2) is 0 Å². The third-order valence-corrected chi connectivity index (χ3v) is 5.44. The Kier molecular flexibility index (Phi) is 5.43. The van der Waals surface area contributed by atoms with Gasteiger partial charge in [0.2, 0.25) is 0 Å². The first-order valence-corrected chi connectivity index (χ1v) is 8.35. The Morgan fingerprint density at radius 2 is 2.21 bits per heavy atom. The molecule has 1 heterocycles. The van der Waals surface area contributed by atoms with Crippen LogP contribution in [0.3, 0.4) is 0 Å². The van der Waals surface area contributed by atoms with Gasteiger partial charge in [-0.1, -0.05) is 25.4 Å². The molecule has 2 unspecified atom stereocenters. The van der Waals surface area contributed by atoms with Crippen LogP contribution in [0, 0.1) is 0 Å². The lowest BCUT2D eigenvalue weighted by atomic mass is 9.95. The van der Waals surface area contributed by atoms with Gasteiger partial charge < -0.3 is 10.1 Å². The van der Waals surface area contributed by atoms with Gasteiger partial charge in [-0.3, -0.25) is 0 Å². The maximum atomic E-state index is 6.46. The Morgan fingerprint density at radius 1 is 1.42 bits per heavy atom. The zero-order valence-corrected chi connectivity index (χ0v) is 13.4. The van der Waals surface area contributed by atoms with Crippen LogP contribution < -0.4 is 10.1 Å². The SMILES string of the molecule is CCCNC1c2c(Cl)ccc(OC)c2CSC1CC. The van der Waals surface area contributed by atoms with Crippen LogP contribution in [-0.4, -0.2) is 18.9 Å². The molecule has 1 N–H and O–H groups in total. The van der Waals surface area contributed by atoms with E-state index in [1.54, 1.807) is 7.11 Å². The minimum absolute atomic E-state index is 0.335. The Labute approximate surface area is 125 Å². The van der Waals surface area contributed by atoms with E-state index in [1.165, 1.54) is 11.1 Å². The second kappa shape index (κ2) is 6.87. The largest absolute Gasteiger partial charge is 0.496 e. The zero-order valence-electron chi connectivity index (χ0n) is 11.8. The standard InChI is InChI=1S/C15H22ClNOS/c1-4-8-17-15-13(5-2)19-9-10-12(18-3)7-6-11(16)14(10)15/h6-7,13,15,17H,4-5,8-9H2,1-3H3. The monoisotopic (exact) mass is 299 g/mol. The number of halogens is 1. The lowest BCUT2D eigenvalue weighted by molar-refractivity contribution is 0.407. The first-order valence-electron chi connectivity index (χ1n) is 6.93. The van der Waals surface area contributed by atoms with E-state index in [2.05, 4.69) is 19.2 Å². The molecule has 2 nitrogen and oxygen atoms in total. The second-order valence-corrected chi connectivity index (χ2v) is 6.47. The van der Waals surface area contributed by atoms with Crippen LogP contribution in [-0.2, 0) is 5.75 Å². The highest BCUT2D eigenvalue weighted by molar-refractivity contribution is 7.99. The Bertz CT molecular complexity index is 438. The van der Waals surface area contributed by atoms with Gasteiger partial charge in [0.1, 0.15) is 5.75 Å². The van der Waals surface area contributed by atoms with Crippen LogP contribution in [0.5, 0.6) is 5.75 Å². The maximum absolute atomic E-state index is 6.46. The van der Waals surface area contributed by atoms with Gasteiger partial charge >= 0.3 is 0 Å². The summed E-state index contributed by atoms with van der Waals surface area (Å²) in [6.07, 6.45) is 2.29. The molecule has 0 fully saturated rings. The van der Waals surface area contributed by atoms with E-state index in [0.29, 0.717) is 11.3 Å². The van der Waals surface area contributed by atoms with Crippen molar-refractivity contribution in [3.05, 3.63) is 28.3 Å². The topological polar surface area (TPSA) is 21.3 Å². The molecule has 106 valence electrons. The van der Waals surface area contributed by atoms with Gasteiger partial charge in [0, 0.05) is 27.6 Å². The van der Waals surface area contributed by atoms with E-state index in [9.17, 15) is 0 Å². The number of rotatable bonds is 5. The summed E-state index contributed by atoms with van der Waals surface area (Å²) in [4.78, 5) is 0. The molecule has 2 rings (SSSR count). The van der Waals surface area contributed by atoms with Crippen molar-refractivity contribution in [2.24, 2.45) is 0 Å². The van der Waals surface area contributed by atoms with Gasteiger partial charge in [-0.05, 0) is 37.1 Å². The Morgan fingerprint density at radius 3 is 2.84 bits per heavy atom. The van der Waals surface area contributed by atoms with E-state index in [-0.39, 0.29) is 0 Å². The summed E-state index contributed by atoms with van der Waals surface area (Å²) in [5.74, 6) is 1.95. The molecular weight excluding hydrogens is 278 g/mol. The van der Waals surface area contributed by atoms with Crippen LogP contribution in [0.1, 0.15) is 43.9 Å². The third-order valence-electron chi connectivity index (χ3n) is 3.62. The van der Waals surface area contributed by atoms with Crippen LogP contribution in [0.2, 0.25) is 5.02 Å². The molecule has 0 amide bonds. The van der Waals surface area contributed by atoms with Crippen molar-refractivity contribution in [2.45, 2.75) is 43.7 Å². The summed E-state index contributed by atoms with van der Waals surface area (Å²) in [6, 6.07) is 4.27. The average Bonchev–Trinajstić information content (AvgIpc) is 2.45. The minimum Gasteiger partial charge on any atom is -0.496 e. The van der Waals surface area contributed by atoms with Crippen LogP contribution in [0.25, 0.3) is 0 Å². The number of thioether (sulfide) groups is 1. The molecule has 1 aromatic carbocycles. The molecule has 19 heavy (non-hydrogen) atoms. The van der Waals surface area contributed by atoms with E-state index in [0.717, 1.165) is 35.9 Å². The lowest BCUT2D eigenvalue weighted by Gasteiger charge is -2.35. The highest BCUT2D eigenvalue weighted by atomic mass is 35.5. The molecule has 0 saturated carbocycles. The number of methoxy groups -OCH3 is 1. The maximum Gasteiger partial charge on any atom is 0.123 e. The third kappa shape index (κ3) is 3.04. The number of hydrogen-bond donors (Lipinski definition) is 1. The molecule has 2 atom stereocenters. The molecule has 0 saturated heterocycles. The van der Waals surface area contributed by atoms with Crippen LogP contribution in [0.4, 0.5) is 0 Å². The van der Waals surface area contributed by atoms with Gasteiger partial charge in [-0.25, -0.2) is 0 Å². The molecule has 1 aromatic rings. The summed E-state index contributed by atoms with van der Waals surface area (Å²) in [5.41, 5.74) is 2.51. The normalized spacial score (nSPS) is 22.1. The Balaban J connectivity index is 2.42. The summed E-state index contributed by atoms with van der Waals surface area (Å²) < 4.78 is 5.49. The van der Waals surface area contributed by atoms with Crippen molar-refractivity contribution >= 4 is 23.4 Å². The highest BCUT2D eigenvalue weighted by Crippen LogP contribution is 2.45. The van der Waals surface area contributed by atoms with Crippen LogP contribution in [0.15, 0.2) is 12.1 Å². The van der Waals surface area contributed by atoms with Crippen molar-refractivity contribution in [1.29, 1.82) is 0 Å². The highest BCUT2D eigenvalue weighted by Gasteiger charge is 2.32. The van der Waals surface area contributed by atoms with Gasteiger partial charge in [0.25, 0.3) is 0 Å². The predicted octanol–water partition coefficient (Wildman–Crippen LogP) is 4.41. The zero-order chi connectivity index (χ0) is 13.8. The number of hydrogen-bond acceptors (Lipinski definition) is 3. The molecule has 0 radical (unpaired) electrons. The fourth-order valence-corrected chi connectivity index (χ4v) is 4.29. The number of fused-ring (bicyclic) bond motifs is 1. The van der Waals surface area contributed by atoms with Crippen molar-refractivity contribution < 1.29 is 4.74 Å². The molecule has 0 aliphatic carbocycles. The predicted molar refractivity (Wildman–Crippen MR) is 84.4 cm³/mol. The smallest absolute Gasteiger partial charge is 0.123 e. The van der Waals surface area contributed by atoms with Crippen molar-refractivity contribution in [3.63, 3.8) is 0 Å². The first kappa shape index (κ1) is 15.0. The van der Waals surface area contributed by atoms with Gasteiger partial charge in [-0.15, -0.1) is 0 Å². The van der Waals surface area contributed by atoms with Gasteiger partial charge in [0.05, 0.1) is 7.11 Å². The fourth-order valence-electron chi connectivity index (χ4n) is 2.65. The average molecular weight is 300 g/mol. The quantitative estimate of drug-likeness (QED) is 0.870. The molecule has 0 aromatic heterocycles. The minimum atomic E-state index is 0.335. The molecule has 0 spiro atoms. The van der Waals surface area contributed by atoms with E-state index < -0.39 is 0 Å². The number of benzene rings is 1. The summed E-state index contributed by atoms with van der Waals surface area (Å²) in [6.45, 7) is 5.46. The Hall–Kier alpha value is -0.380. The second-order valence-electron chi connectivity index (χ2n) is 4.83. The number of ether oxygens (including phenoxy) is 1. The molecule has 0 bridgehead atoms. The molecular formula is C15H22ClNOS. The van der Waals surface area contributed by atoms with E-state index >= 15 is 0 Å². The summed E-state index contributed by atoms with van der Waals surface area (Å²) >= 11 is 8.46. The number of nitrogens with one attached hydrogen (secondary N) is 1. The summed E-state index contributed by atoms with van der Waals surface area (Å²) in [5, 5.41) is 5.11. The molecule has 4 heteroatoms. The van der Waals surface area contributed by atoms with Gasteiger partial charge in [-0.2, -0.15) is 11.8 Å². The van der Waals surface area contributed by atoms with Crippen molar-refractivity contribution in [3.8, 4) is 5.75 Å². The van der Waals surface area contributed by atoms with E-state index in [4.69, 9.17) is 16.3 Å². The molecule has 1 aliphatic rings. The van der Waals surface area contributed by atoms with Crippen molar-refractivity contribution in [1.82, 2.24) is 5.32 Å². The summed E-state index contributed by atoms with van der Waals surface area (Å²) in [7, 11) is 1.73.